The van der Waals surface area contributed by atoms with E-state index in [4.69, 9.17) is 0 Å². The predicted molar refractivity (Wildman–Crippen MR) is 76.6 cm³/mol. The number of hydrogen-bond donors (Lipinski definition) is 1. The lowest BCUT2D eigenvalue weighted by Crippen LogP contribution is -2.45. The molecule has 0 spiro atoms. The summed E-state index contributed by atoms with van der Waals surface area (Å²) in [7, 11) is 0. The molecule has 1 saturated carbocycles. The summed E-state index contributed by atoms with van der Waals surface area (Å²) >= 11 is 0. The smallest absolute Gasteiger partial charge is 0.123 e. The van der Waals surface area contributed by atoms with E-state index in [1.807, 2.05) is 6.07 Å². The Balaban J connectivity index is 1.75. The molecule has 2 atom stereocenters. The van der Waals surface area contributed by atoms with Crippen molar-refractivity contribution < 1.29 is 4.39 Å². The van der Waals surface area contributed by atoms with Crippen molar-refractivity contribution in [2.45, 2.75) is 64.5 Å². The first-order valence-electron chi connectivity index (χ1n) is 7.61. The number of benzene rings is 1. The van der Waals surface area contributed by atoms with Gasteiger partial charge in [0.1, 0.15) is 5.82 Å². The third kappa shape index (κ3) is 2.55. The highest BCUT2D eigenvalue weighted by Gasteiger charge is 2.35. The second-order valence-electron chi connectivity index (χ2n) is 6.89. The van der Waals surface area contributed by atoms with Crippen LogP contribution in [0.25, 0.3) is 0 Å². The Morgan fingerprint density at radius 1 is 1.21 bits per heavy atom. The van der Waals surface area contributed by atoms with Gasteiger partial charge in [-0.1, -0.05) is 32.8 Å². The van der Waals surface area contributed by atoms with Crippen LogP contribution < -0.4 is 5.32 Å². The molecule has 1 nitrogen and oxygen atoms in total. The Morgan fingerprint density at radius 2 is 2.05 bits per heavy atom. The first-order valence-corrected chi connectivity index (χ1v) is 7.61. The Bertz CT molecular complexity index is 466. The average molecular weight is 261 g/mol. The summed E-state index contributed by atoms with van der Waals surface area (Å²) in [5.74, 6) is -0.0996. The summed E-state index contributed by atoms with van der Waals surface area (Å²) in [5, 5.41) is 3.86. The summed E-state index contributed by atoms with van der Waals surface area (Å²) in [6.45, 7) is 4.76. The van der Waals surface area contributed by atoms with Crippen LogP contribution in [0.3, 0.4) is 0 Å². The Hall–Kier alpha value is -0.890. The van der Waals surface area contributed by atoms with Crippen molar-refractivity contribution in [3.8, 4) is 0 Å². The van der Waals surface area contributed by atoms with E-state index >= 15 is 0 Å². The third-order valence-corrected chi connectivity index (χ3v) is 5.09. The average Bonchev–Trinajstić information content (AvgIpc) is 2.74. The van der Waals surface area contributed by atoms with Crippen LogP contribution in [0.5, 0.6) is 0 Å². The van der Waals surface area contributed by atoms with Gasteiger partial charge in [0.05, 0.1) is 0 Å². The first kappa shape index (κ1) is 13.1. The lowest BCUT2D eigenvalue weighted by atomic mass is 9.73. The van der Waals surface area contributed by atoms with E-state index in [-0.39, 0.29) is 5.82 Å². The molecule has 3 rings (SSSR count). The Morgan fingerprint density at radius 3 is 2.84 bits per heavy atom. The molecule has 0 radical (unpaired) electrons. The molecule has 2 heteroatoms. The SMILES string of the molecule is CC1(C)CCCCC1NC1CCc2cc(F)ccc21. The van der Waals surface area contributed by atoms with Gasteiger partial charge in [0.25, 0.3) is 0 Å². The lowest BCUT2D eigenvalue weighted by molar-refractivity contribution is 0.155. The van der Waals surface area contributed by atoms with Crippen molar-refractivity contribution >= 4 is 0 Å². The van der Waals surface area contributed by atoms with E-state index in [1.165, 1.54) is 36.8 Å². The molecule has 1 aromatic carbocycles. The highest BCUT2D eigenvalue weighted by Crippen LogP contribution is 2.39. The summed E-state index contributed by atoms with van der Waals surface area (Å²) < 4.78 is 13.3. The number of hydrogen-bond acceptors (Lipinski definition) is 1. The van der Waals surface area contributed by atoms with Crippen LogP contribution in [0.15, 0.2) is 18.2 Å². The fourth-order valence-corrected chi connectivity index (χ4v) is 3.81. The maximum atomic E-state index is 13.3. The maximum Gasteiger partial charge on any atom is 0.123 e. The number of nitrogens with one attached hydrogen (secondary N) is 1. The van der Waals surface area contributed by atoms with Crippen molar-refractivity contribution in [3.63, 3.8) is 0 Å². The van der Waals surface area contributed by atoms with E-state index in [0.717, 1.165) is 12.8 Å². The molecule has 2 aliphatic rings. The predicted octanol–water partition coefficient (Wildman–Crippen LogP) is 4.37. The molecule has 0 heterocycles. The molecule has 1 fully saturated rings. The molecular formula is C17H24FN. The van der Waals surface area contributed by atoms with Crippen LogP contribution in [0.4, 0.5) is 4.39 Å². The molecule has 0 amide bonds. The molecule has 0 saturated heterocycles. The second-order valence-corrected chi connectivity index (χ2v) is 6.89. The quantitative estimate of drug-likeness (QED) is 0.833. The van der Waals surface area contributed by atoms with E-state index in [1.54, 1.807) is 12.1 Å². The van der Waals surface area contributed by atoms with Gasteiger partial charge in [0.2, 0.25) is 0 Å². The molecule has 2 aliphatic carbocycles. The van der Waals surface area contributed by atoms with Gasteiger partial charge in [-0.15, -0.1) is 0 Å². The van der Waals surface area contributed by atoms with Gasteiger partial charge in [0.15, 0.2) is 0 Å². The summed E-state index contributed by atoms with van der Waals surface area (Å²) in [4.78, 5) is 0. The van der Waals surface area contributed by atoms with E-state index in [2.05, 4.69) is 19.2 Å². The van der Waals surface area contributed by atoms with Crippen LogP contribution >= 0.6 is 0 Å². The molecule has 0 bridgehead atoms. The van der Waals surface area contributed by atoms with Gasteiger partial charge < -0.3 is 5.32 Å². The van der Waals surface area contributed by atoms with Crippen molar-refractivity contribution in [1.29, 1.82) is 0 Å². The van der Waals surface area contributed by atoms with E-state index in [0.29, 0.717) is 17.5 Å². The topological polar surface area (TPSA) is 12.0 Å². The van der Waals surface area contributed by atoms with E-state index < -0.39 is 0 Å². The van der Waals surface area contributed by atoms with Crippen LogP contribution in [0, 0.1) is 11.2 Å². The molecule has 104 valence electrons. The second kappa shape index (κ2) is 4.90. The zero-order valence-electron chi connectivity index (χ0n) is 12.0. The normalized spacial score (nSPS) is 29.2. The highest BCUT2D eigenvalue weighted by molar-refractivity contribution is 5.35. The van der Waals surface area contributed by atoms with Gasteiger partial charge in [0, 0.05) is 12.1 Å². The minimum atomic E-state index is -0.0996. The van der Waals surface area contributed by atoms with Crippen molar-refractivity contribution in [3.05, 3.63) is 35.1 Å². The fourth-order valence-electron chi connectivity index (χ4n) is 3.81. The molecular weight excluding hydrogens is 237 g/mol. The van der Waals surface area contributed by atoms with Gasteiger partial charge in [-0.2, -0.15) is 0 Å². The number of fused-ring (bicyclic) bond motifs is 1. The molecule has 0 aliphatic heterocycles. The van der Waals surface area contributed by atoms with Crippen LogP contribution in [-0.4, -0.2) is 6.04 Å². The molecule has 19 heavy (non-hydrogen) atoms. The third-order valence-electron chi connectivity index (χ3n) is 5.09. The number of halogens is 1. The van der Waals surface area contributed by atoms with Crippen LogP contribution in [-0.2, 0) is 6.42 Å². The minimum Gasteiger partial charge on any atom is -0.307 e. The Kier molecular flexibility index (Phi) is 3.38. The van der Waals surface area contributed by atoms with Gasteiger partial charge in [-0.05, 0) is 54.4 Å². The van der Waals surface area contributed by atoms with Gasteiger partial charge >= 0.3 is 0 Å². The van der Waals surface area contributed by atoms with Crippen LogP contribution in [0.2, 0.25) is 0 Å². The standard InChI is InChI=1S/C17H24FN/c1-17(2)10-4-3-5-16(17)19-15-9-6-12-11-13(18)7-8-14(12)15/h7-8,11,15-16,19H,3-6,9-10H2,1-2H3. The van der Waals surface area contributed by atoms with Gasteiger partial charge in [-0.3, -0.25) is 0 Å². The maximum absolute atomic E-state index is 13.3. The number of rotatable bonds is 2. The van der Waals surface area contributed by atoms with Crippen molar-refractivity contribution in [2.75, 3.05) is 0 Å². The lowest BCUT2D eigenvalue weighted by Gasteiger charge is -2.41. The minimum absolute atomic E-state index is 0.0996. The number of aryl methyl sites for hydroxylation is 1. The molecule has 1 aromatic rings. The first-order chi connectivity index (χ1) is 9.06. The largest absolute Gasteiger partial charge is 0.307 e. The summed E-state index contributed by atoms with van der Waals surface area (Å²) in [6, 6.07) is 6.32. The monoisotopic (exact) mass is 261 g/mol. The van der Waals surface area contributed by atoms with Gasteiger partial charge in [-0.25, -0.2) is 4.39 Å². The fraction of sp³-hybridized carbons (Fsp3) is 0.647. The van der Waals surface area contributed by atoms with Crippen LogP contribution in [0.1, 0.15) is 63.1 Å². The molecule has 1 N–H and O–H groups in total. The summed E-state index contributed by atoms with van der Waals surface area (Å²) in [5.41, 5.74) is 2.91. The highest BCUT2D eigenvalue weighted by atomic mass is 19.1. The van der Waals surface area contributed by atoms with E-state index in [9.17, 15) is 4.39 Å². The Labute approximate surface area is 115 Å². The summed E-state index contributed by atoms with van der Waals surface area (Å²) in [6.07, 6.45) is 7.42. The molecule has 2 unspecified atom stereocenters. The van der Waals surface area contributed by atoms with Crippen molar-refractivity contribution in [2.24, 2.45) is 5.41 Å². The zero-order chi connectivity index (χ0) is 13.5. The zero-order valence-corrected chi connectivity index (χ0v) is 12.0. The molecule has 0 aromatic heterocycles. The van der Waals surface area contributed by atoms with Crippen molar-refractivity contribution in [1.82, 2.24) is 5.32 Å².